The number of nitriles is 1. The number of nitrogens with one attached hydrogen (secondary N) is 2. The number of halogens is 1. The van der Waals surface area contributed by atoms with Crippen LogP contribution in [0.15, 0.2) is 78.6 Å². The second-order valence-corrected chi connectivity index (χ2v) is 7.25. The van der Waals surface area contributed by atoms with Gasteiger partial charge in [0.15, 0.2) is 0 Å². The molecule has 30 heavy (non-hydrogen) atoms. The van der Waals surface area contributed by atoms with Gasteiger partial charge in [0, 0.05) is 46.2 Å². The molecule has 2 aromatic heterocycles. The fourth-order valence-corrected chi connectivity index (χ4v) is 3.52. The number of benzene rings is 2. The summed E-state index contributed by atoms with van der Waals surface area (Å²) in [4.78, 5) is 15.8. The number of rotatable bonds is 6. The summed E-state index contributed by atoms with van der Waals surface area (Å²) in [6.07, 6.45) is 6.10. The quantitative estimate of drug-likeness (QED) is 0.348. The van der Waals surface area contributed by atoms with Gasteiger partial charge in [0.2, 0.25) is 0 Å². The fourth-order valence-electron chi connectivity index (χ4n) is 3.39. The van der Waals surface area contributed by atoms with Crippen LogP contribution in [0.2, 0.25) is 5.02 Å². The molecule has 0 saturated carbocycles. The lowest BCUT2D eigenvalue weighted by atomic mass is 10.1. The number of aromatic amines is 1. The maximum atomic E-state index is 12.5. The van der Waals surface area contributed by atoms with E-state index in [9.17, 15) is 10.1 Å². The highest BCUT2D eigenvalue weighted by Crippen LogP contribution is 2.19. The Morgan fingerprint density at radius 2 is 1.93 bits per heavy atom. The molecule has 2 N–H and O–H groups in total. The van der Waals surface area contributed by atoms with Crippen LogP contribution in [0.3, 0.4) is 0 Å². The van der Waals surface area contributed by atoms with E-state index in [1.165, 1.54) is 0 Å². The Morgan fingerprint density at radius 1 is 1.13 bits per heavy atom. The predicted molar refractivity (Wildman–Crippen MR) is 119 cm³/mol. The highest BCUT2D eigenvalue weighted by Gasteiger charge is 2.11. The van der Waals surface area contributed by atoms with Gasteiger partial charge >= 0.3 is 0 Å². The van der Waals surface area contributed by atoms with Crippen LogP contribution in [-0.2, 0) is 11.2 Å². The van der Waals surface area contributed by atoms with Crippen molar-refractivity contribution in [2.75, 3.05) is 6.54 Å². The van der Waals surface area contributed by atoms with Crippen LogP contribution in [-0.4, -0.2) is 22.0 Å². The van der Waals surface area contributed by atoms with Crippen molar-refractivity contribution >= 4 is 34.5 Å². The van der Waals surface area contributed by atoms with E-state index in [0.717, 1.165) is 27.8 Å². The second kappa shape index (κ2) is 8.73. The summed E-state index contributed by atoms with van der Waals surface area (Å²) in [6.45, 7) is 0.442. The molecule has 0 spiro atoms. The minimum atomic E-state index is -0.388. The molecule has 0 atom stereocenters. The summed E-state index contributed by atoms with van der Waals surface area (Å²) in [6, 6.07) is 21.1. The highest BCUT2D eigenvalue weighted by atomic mass is 35.5. The normalized spacial score (nSPS) is 11.4. The van der Waals surface area contributed by atoms with Crippen LogP contribution in [0, 0.1) is 11.3 Å². The van der Waals surface area contributed by atoms with Crippen LogP contribution >= 0.6 is 11.6 Å². The van der Waals surface area contributed by atoms with Crippen molar-refractivity contribution in [1.29, 1.82) is 5.26 Å². The van der Waals surface area contributed by atoms with E-state index in [1.54, 1.807) is 18.2 Å². The summed E-state index contributed by atoms with van der Waals surface area (Å²) in [5, 5.41) is 14.1. The Labute approximate surface area is 179 Å². The lowest BCUT2D eigenvalue weighted by Crippen LogP contribution is -2.26. The molecule has 0 bridgehead atoms. The molecule has 4 rings (SSSR count). The molecule has 0 aliphatic heterocycles. The second-order valence-electron chi connectivity index (χ2n) is 6.81. The number of fused-ring (bicyclic) bond motifs is 1. The van der Waals surface area contributed by atoms with E-state index < -0.39 is 0 Å². The minimum Gasteiger partial charge on any atom is -0.361 e. The molecule has 0 aliphatic rings. The molecule has 2 heterocycles. The van der Waals surface area contributed by atoms with Gasteiger partial charge in [-0.1, -0.05) is 29.8 Å². The SMILES string of the molecule is N#CC(=Cc1cccn1-c1ccc(Cl)cc1)C(=O)NCCc1c[nH]c2ccccc12. The maximum absolute atomic E-state index is 12.5. The van der Waals surface area contributed by atoms with Crippen molar-refractivity contribution in [2.45, 2.75) is 6.42 Å². The van der Waals surface area contributed by atoms with Crippen molar-refractivity contribution in [3.8, 4) is 11.8 Å². The zero-order valence-electron chi connectivity index (χ0n) is 16.1. The molecule has 5 nitrogen and oxygen atoms in total. The van der Waals surface area contributed by atoms with Gasteiger partial charge in [0.1, 0.15) is 11.6 Å². The number of hydrogen-bond acceptors (Lipinski definition) is 2. The molecular weight excluding hydrogens is 396 g/mol. The maximum Gasteiger partial charge on any atom is 0.262 e. The Morgan fingerprint density at radius 3 is 2.73 bits per heavy atom. The first-order chi connectivity index (χ1) is 14.7. The smallest absolute Gasteiger partial charge is 0.262 e. The predicted octanol–water partition coefficient (Wildman–Crippen LogP) is 4.88. The largest absolute Gasteiger partial charge is 0.361 e. The van der Waals surface area contributed by atoms with Gasteiger partial charge in [-0.25, -0.2) is 0 Å². The number of nitrogens with zero attached hydrogens (tertiary/aromatic N) is 2. The first-order valence-electron chi connectivity index (χ1n) is 9.54. The third-order valence-electron chi connectivity index (χ3n) is 4.90. The van der Waals surface area contributed by atoms with Gasteiger partial charge in [0.25, 0.3) is 5.91 Å². The zero-order chi connectivity index (χ0) is 20.9. The van der Waals surface area contributed by atoms with Gasteiger partial charge in [-0.15, -0.1) is 0 Å². The summed E-state index contributed by atoms with van der Waals surface area (Å²) >= 11 is 5.96. The standard InChI is InChI=1S/C24H19ClN4O/c25-19-7-9-20(10-8-19)29-13-3-4-21(29)14-18(15-26)24(30)27-12-11-17-16-28-23-6-2-1-5-22(17)23/h1-10,13-14,16,28H,11-12H2,(H,27,30). The van der Waals surface area contributed by atoms with Gasteiger partial charge in [-0.2, -0.15) is 5.26 Å². The summed E-state index contributed by atoms with van der Waals surface area (Å²) < 4.78 is 1.90. The topological polar surface area (TPSA) is 73.6 Å². The lowest BCUT2D eigenvalue weighted by molar-refractivity contribution is -0.117. The molecule has 0 radical (unpaired) electrons. The van der Waals surface area contributed by atoms with Gasteiger partial charge in [-0.05, 0) is 60.5 Å². The van der Waals surface area contributed by atoms with E-state index in [-0.39, 0.29) is 11.5 Å². The lowest BCUT2D eigenvalue weighted by Gasteiger charge is -2.08. The number of carbonyl (C=O) groups excluding carboxylic acids is 1. The number of aromatic nitrogens is 2. The molecule has 6 heteroatoms. The van der Waals surface area contributed by atoms with E-state index >= 15 is 0 Å². The molecule has 0 aliphatic carbocycles. The van der Waals surface area contributed by atoms with Gasteiger partial charge in [0.05, 0.1) is 0 Å². The number of carbonyl (C=O) groups is 1. The van der Waals surface area contributed by atoms with Crippen LogP contribution in [0.5, 0.6) is 0 Å². The van der Waals surface area contributed by atoms with Crippen molar-refractivity contribution in [3.63, 3.8) is 0 Å². The molecule has 2 aromatic carbocycles. The summed E-state index contributed by atoms with van der Waals surface area (Å²) in [7, 11) is 0. The monoisotopic (exact) mass is 414 g/mol. The Hall–Kier alpha value is -3.75. The Balaban J connectivity index is 1.46. The average molecular weight is 415 g/mol. The number of H-pyrrole nitrogens is 1. The van der Waals surface area contributed by atoms with Crippen LogP contribution in [0.25, 0.3) is 22.7 Å². The van der Waals surface area contributed by atoms with Gasteiger partial charge < -0.3 is 14.9 Å². The van der Waals surface area contributed by atoms with Crippen molar-refractivity contribution in [3.05, 3.63) is 94.9 Å². The van der Waals surface area contributed by atoms with Crippen molar-refractivity contribution < 1.29 is 4.79 Å². The first-order valence-corrected chi connectivity index (χ1v) is 9.92. The minimum absolute atomic E-state index is 0.0582. The Bertz CT molecular complexity index is 1260. The highest BCUT2D eigenvalue weighted by molar-refractivity contribution is 6.30. The van der Waals surface area contributed by atoms with Crippen molar-refractivity contribution in [1.82, 2.24) is 14.9 Å². The Kier molecular flexibility index (Phi) is 5.69. The third-order valence-corrected chi connectivity index (χ3v) is 5.15. The van der Waals surface area contributed by atoms with E-state index in [2.05, 4.69) is 16.4 Å². The van der Waals surface area contributed by atoms with E-state index in [1.807, 2.05) is 65.5 Å². The van der Waals surface area contributed by atoms with E-state index in [0.29, 0.717) is 18.0 Å². The molecule has 148 valence electrons. The van der Waals surface area contributed by atoms with Gasteiger partial charge in [-0.3, -0.25) is 4.79 Å². The van der Waals surface area contributed by atoms with Crippen LogP contribution in [0.1, 0.15) is 11.3 Å². The zero-order valence-corrected chi connectivity index (χ0v) is 16.9. The van der Waals surface area contributed by atoms with E-state index in [4.69, 9.17) is 11.6 Å². The van der Waals surface area contributed by atoms with Crippen LogP contribution < -0.4 is 5.32 Å². The first kappa shape index (κ1) is 19.6. The molecule has 4 aromatic rings. The number of amides is 1. The number of hydrogen-bond donors (Lipinski definition) is 2. The average Bonchev–Trinajstić information content (AvgIpc) is 3.39. The molecule has 0 fully saturated rings. The molecular formula is C24H19ClN4O. The van der Waals surface area contributed by atoms with Crippen molar-refractivity contribution in [2.24, 2.45) is 0 Å². The molecule has 0 unspecified atom stereocenters. The summed E-state index contributed by atoms with van der Waals surface area (Å²) in [5.74, 6) is -0.388. The summed E-state index contributed by atoms with van der Waals surface area (Å²) in [5.41, 5.74) is 3.89. The third kappa shape index (κ3) is 4.14. The molecule has 0 saturated heterocycles. The fraction of sp³-hybridized carbons (Fsp3) is 0.0833. The molecule has 1 amide bonds. The number of para-hydroxylation sites is 1. The van der Waals surface area contributed by atoms with Crippen LogP contribution in [0.4, 0.5) is 0 Å².